The number of aliphatic hydroxyl groups excluding tert-OH is 3. The van der Waals surface area contributed by atoms with Crippen molar-refractivity contribution in [3.05, 3.63) is 47.5 Å². The van der Waals surface area contributed by atoms with Crippen LogP contribution in [0, 0.1) is 11.8 Å². The monoisotopic (exact) mass is 492 g/mol. The number of hydrogen-bond donors (Lipinski definition) is 6. The first-order valence-electron chi connectivity index (χ1n) is 11.3. The molecule has 10 heteroatoms. The van der Waals surface area contributed by atoms with Crippen molar-refractivity contribution < 1.29 is 49.6 Å². The Morgan fingerprint density at radius 1 is 0.886 bits per heavy atom. The number of phenols is 2. The lowest BCUT2D eigenvalue weighted by Crippen LogP contribution is -2.61. The molecule has 1 saturated heterocycles. The van der Waals surface area contributed by atoms with Gasteiger partial charge in [0.2, 0.25) is 6.29 Å². The molecular weight excluding hydrogens is 460 g/mol. The van der Waals surface area contributed by atoms with Gasteiger partial charge < -0.3 is 44.8 Å². The summed E-state index contributed by atoms with van der Waals surface area (Å²) < 4.78 is 15.6. The number of carboxylic acids is 1. The summed E-state index contributed by atoms with van der Waals surface area (Å²) in [6.07, 6.45) is -7.37. The molecule has 0 saturated carbocycles. The Hall–Kier alpha value is -3.05. The maximum Gasteiger partial charge on any atom is 0.335 e. The number of methoxy groups -OCH3 is 1. The van der Waals surface area contributed by atoms with E-state index in [4.69, 9.17) is 19.3 Å². The highest BCUT2D eigenvalue weighted by Crippen LogP contribution is 2.33. The minimum atomic E-state index is -1.83. The van der Waals surface area contributed by atoms with Gasteiger partial charge in [0.25, 0.3) is 0 Å². The average molecular weight is 493 g/mol. The van der Waals surface area contributed by atoms with Crippen LogP contribution in [0.5, 0.6) is 23.0 Å². The Kier molecular flexibility index (Phi) is 8.44. The summed E-state index contributed by atoms with van der Waals surface area (Å²) >= 11 is 0. The van der Waals surface area contributed by atoms with E-state index in [1.165, 1.54) is 19.2 Å². The second kappa shape index (κ2) is 11.1. The zero-order valence-electron chi connectivity index (χ0n) is 19.7. The number of aromatic hydroxyl groups is 2. The summed E-state index contributed by atoms with van der Waals surface area (Å²) in [6.45, 7) is 4.18. The predicted octanol–water partition coefficient (Wildman–Crippen LogP) is 1.43. The lowest BCUT2D eigenvalue weighted by atomic mass is 9.85. The third-order valence-electron chi connectivity index (χ3n) is 6.41. The Morgan fingerprint density at radius 3 is 1.86 bits per heavy atom. The molecule has 0 aliphatic carbocycles. The molecule has 0 unspecified atom stereocenters. The lowest BCUT2D eigenvalue weighted by molar-refractivity contribution is -0.271. The molecule has 0 aromatic heterocycles. The first-order chi connectivity index (χ1) is 16.5. The van der Waals surface area contributed by atoms with Gasteiger partial charge in [-0.25, -0.2) is 4.79 Å². The molecule has 0 amide bonds. The van der Waals surface area contributed by atoms with Gasteiger partial charge in [-0.05, 0) is 60.1 Å². The molecule has 35 heavy (non-hydrogen) atoms. The fourth-order valence-electron chi connectivity index (χ4n) is 4.07. The normalized spacial score (nSPS) is 26.1. The fourth-order valence-corrected chi connectivity index (χ4v) is 4.07. The average Bonchev–Trinajstić information content (AvgIpc) is 2.80. The minimum absolute atomic E-state index is 0.0695. The van der Waals surface area contributed by atoms with E-state index in [0.717, 1.165) is 17.5 Å². The molecule has 192 valence electrons. The van der Waals surface area contributed by atoms with Crippen LogP contribution in [-0.2, 0) is 22.4 Å². The number of benzene rings is 2. The van der Waals surface area contributed by atoms with Crippen LogP contribution in [0.15, 0.2) is 36.4 Å². The van der Waals surface area contributed by atoms with Crippen LogP contribution in [0.4, 0.5) is 0 Å². The summed E-state index contributed by atoms with van der Waals surface area (Å²) in [6, 6.07) is 10.0. The predicted molar refractivity (Wildman–Crippen MR) is 123 cm³/mol. The SMILES string of the molecule is COc1ccc(C[C@@H](C)[C@@H](C)Cc2ccc(O[C@@H]3O[C@H](C(=O)O)[C@@H](O)[C@H](O)[C@H]3O)c(O)c2)cc1O. The highest BCUT2D eigenvalue weighted by molar-refractivity contribution is 5.73. The molecule has 2 aromatic rings. The number of carboxylic acid groups (broad SMARTS) is 1. The maximum absolute atomic E-state index is 11.2. The first kappa shape index (κ1) is 26.6. The van der Waals surface area contributed by atoms with Crippen LogP contribution in [0.3, 0.4) is 0 Å². The molecule has 0 bridgehead atoms. The van der Waals surface area contributed by atoms with Gasteiger partial charge in [-0.15, -0.1) is 0 Å². The lowest BCUT2D eigenvalue weighted by Gasteiger charge is -2.38. The molecule has 6 N–H and O–H groups in total. The summed E-state index contributed by atoms with van der Waals surface area (Å²) in [4.78, 5) is 11.2. The molecule has 7 atom stereocenters. The molecule has 1 aliphatic rings. The standard InChI is InChI=1S/C25H32O10/c1-12(8-14-4-6-18(33-3)16(26)10-14)13(2)9-15-5-7-19(17(27)11-15)34-25-22(30)20(28)21(29)23(35-25)24(31)32/h4-7,10-13,20-23,25-30H,8-9H2,1-3H3,(H,31,32)/t12-,13+,20+,21+,22-,23+,25-/m1/s1. The van der Waals surface area contributed by atoms with E-state index in [9.17, 15) is 30.3 Å². The summed E-state index contributed by atoms with van der Waals surface area (Å²) in [7, 11) is 1.50. The molecule has 3 rings (SSSR count). The number of phenolic OH excluding ortho intramolecular Hbond substituents is 2. The highest BCUT2D eigenvalue weighted by Gasteiger charge is 2.48. The van der Waals surface area contributed by atoms with Crippen molar-refractivity contribution in [3.63, 3.8) is 0 Å². The zero-order chi connectivity index (χ0) is 25.9. The Labute approximate surface area is 202 Å². The van der Waals surface area contributed by atoms with Crippen LogP contribution in [0.2, 0.25) is 0 Å². The fraction of sp³-hybridized carbons (Fsp3) is 0.480. The number of aliphatic hydroxyl groups is 3. The Bertz CT molecular complexity index is 1030. The highest BCUT2D eigenvalue weighted by atomic mass is 16.7. The van der Waals surface area contributed by atoms with Gasteiger partial charge >= 0.3 is 5.97 Å². The van der Waals surface area contributed by atoms with Crippen molar-refractivity contribution in [1.82, 2.24) is 0 Å². The van der Waals surface area contributed by atoms with E-state index in [-0.39, 0.29) is 29.1 Å². The number of aliphatic carboxylic acids is 1. The van der Waals surface area contributed by atoms with E-state index in [1.54, 1.807) is 18.2 Å². The van der Waals surface area contributed by atoms with Crippen LogP contribution < -0.4 is 9.47 Å². The summed E-state index contributed by atoms with van der Waals surface area (Å²) in [5.74, 6) is -0.846. The zero-order valence-corrected chi connectivity index (χ0v) is 19.7. The van der Waals surface area contributed by atoms with Crippen LogP contribution in [-0.4, -0.2) is 74.4 Å². The minimum Gasteiger partial charge on any atom is -0.504 e. The molecule has 0 spiro atoms. The summed E-state index contributed by atoms with van der Waals surface area (Å²) in [5.41, 5.74) is 1.81. The smallest absolute Gasteiger partial charge is 0.335 e. The van der Waals surface area contributed by atoms with Crippen LogP contribution in [0.1, 0.15) is 25.0 Å². The molecular formula is C25H32O10. The van der Waals surface area contributed by atoms with E-state index < -0.39 is 36.7 Å². The van der Waals surface area contributed by atoms with Gasteiger partial charge in [0, 0.05) is 0 Å². The molecule has 0 radical (unpaired) electrons. The molecule has 1 heterocycles. The van der Waals surface area contributed by atoms with Crippen LogP contribution >= 0.6 is 0 Å². The van der Waals surface area contributed by atoms with E-state index in [1.807, 2.05) is 6.07 Å². The first-order valence-corrected chi connectivity index (χ1v) is 11.3. The van der Waals surface area contributed by atoms with Gasteiger partial charge in [-0.3, -0.25) is 0 Å². The van der Waals surface area contributed by atoms with Crippen molar-refractivity contribution in [1.29, 1.82) is 0 Å². The van der Waals surface area contributed by atoms with Crippen molar-refractivity contribution in [2.75, 3.05) is 7.11 Å². The topological polar surface area (TPSA) is 166 Å². The van der Waals surface area contributed by atoms with Crippen molar-refractivity contribution >= 4 is 5.97 Å². The van der Waals surface area contributed by atoms with Crippen molar-refractivity contribution in [2.45, 2.75) is 57.4 Å². The molecule has 1 fully saturated rings. The van der Waals surface area contributed by atoms with Gasteiger partial charge in [0.05, 0.1) is 7.11 Å². The Morgan fingerprint density at radius 2 is 1.40 bits per heavy atom. The van der Waals surface area contributed by atoms with Gasteiger partial charge in [0.15, 0.2) is 29.1 Å². The number of ether oxygens (including phenoxy) is 3. The second-order valence-corrected chi connectivity index (χ2v) is 9.02. The third-order valence-corrected chi connectivity index (χ3v) is 6.41. The quantitative estimate of drug-likeness (QED) is 0.301. The molecule has 10 nitrogen and oxygen atoms in total. The maximum atomic E-state index is 11.2. The molecule has 1 aliphatic heterocycles. The molecule has 2 aromatic carbocycles. The van der Waals surface area contributed by atoms with E-state index >= 15 is 0 Å². The van der Waals surface area contributed by atoms with Crippen molar-refractivity contribution in [3.8, 4) is 23.0 Å². The van der Waals surface area contributed by atoms with E-state index in [0.29, 0.717) is 12.2 Å². The van der Waals surface area contributed by atoms with Gasteiger partial charge in [0.1, 0.15) is 18.3 Å². The van der Waals surface area contributed by atoms with E-state index in [2.05, 4.69) is 13.8 Å². The van der Waals surface area contributed by atoms with Gasteiger partial charge in [-0.2, -0.15) is 0 Å². The number of rotatable bonds is 9. The largest absolute Gasteiger partial charge is 0.504 e. The van der Waals surface area contributed by atoms with Crippen LogP contribution in [0.25, 0.3) is 0 Å². The second-order valence-electron chi connectivity index (χ2n) is 9.02. The third kappa shape index (κ3) is 6.15. The van der Waals surface area contributed by atoms with Crippen molar-refractivity contribution in [2.24, 2.45) is 11.8 Å². The van der Waals surface area contributed by atoms with Gasteiger partial charge in [-0.1, -0.05) is 26.0 Å². The number of hydrogen-bond acceptors (Lipinski definition) is 9. The number of carbonyl (C=O) groups is 1. The Balaban J connectivity index is 1.63. The summed E-state index contributed by atoms with van der Waals surface area (Å²) in [5, 5.41) is 59.4.